The van der Waals surface area contributed by atoms with Gasteiger partial charge in [-0.1, -0.05) is 34.9 Å². The third kappa shape index (κ3) is 5.18. The first-order valence-corrected chi connectivity index (χ1v) is 5.32. The molecule has 0 aliphatic heterocycles. The highest BCUT2D eigenvalue weighted by Gasteiger charge is 2.05. The Morgan fingerprint density at radius 2 is 2.21 bits per heavy atom. The number of carbonyl (C=O) groups is 1. The molecule has 0 spiro atoms. The van der Waals surface area contributed by atoms with Gasteiger partial charge in [-0.2, -0.15) is 0 Å². The van der Waals surface area contributed by atoms with Gasteiger partial charge in [0.1, 0.15) is 0 Å². The predicted molar refractivity (Wildman–Crippen MR) is 65.6 cm³/mol. The molecule has 0 unspecified atom stereocenters. The number of nitrogens with one attached hydrogen (secondary N) is 1. The van der Waals surface area contributed by atoms with E-state index in [4.69, 9.17) is 0 Å². The van der Waals surface area contributed by atoms with Gasteiger partial charge in [-0.15, -0.1) is 0 Å². The zero-order valence-corrected chi connectivity index (χ0v) is 10.5. The van der Waals surface area contributed by atoms with Crippen LogP contribution in [0.25, 0.3) is 0 Å². The van der Waals surface area contributed by atoms with E-state index < -0.39 is 5.97 Å². The number of halogens is 1. The summed E-state index contributed by atoms with van der Waals surface area (Å²) in [6, 6.07) is 0. The number of carbonyl (C=O) groups excluding carboxylic acids is 1. The molecule has 3 nitrogen and oxygen atoms in total. The monoisotopic (exact) mass is 307 g/mol. The molecule has 0 atom stereocenters. The lowest BCUT2D eigenvalue weighted by molar-refractivity contribution is -0.140. The van der Waals surface area contributed by atoms with E-state index in [9.17, 15) is 4.79 Å². The van der Waals surface area contributed by atoms with Gasteiger partial charge in [-0.05, 0) is 19.4 Å². The van der Waals surface area contributed by atoms with Gasteiger partial charge in [-0.3, -0.25) is 0 Å². The lowest BCUT2D eigenvalue weighted by atomic mass is 10.1. The van der Waals surface area contributed by atoms with Gasteiger partial charge in [-0.25, -0.2) is 4.79 Å². The summed E-state index contributed by atoms with van der Waals surface area (Å²) in [5, 5.41) is 0. The minimum absolute atomic E-state index is 0.401. The van der Waals surface area contributed by atoms with Crippen LogP contribution in [-0.2, 0) is 9.63 Å². The minimum Gasteiger partial charge on any atom is -0.357 e. The molecule has 0 fully saturated rings. The Morgan fingerprint density at radius 3 is 2.64 bits per heavy atom. The van der Waals surface area contributed by atoms with Crippen LogP contribution in [0.2, 0.25) is 0 Å². The van der Waals surface area contributed by atoms with Gasteiger partial charge in [0.15, 0.2) is 0 Å². The van der Waals surface area contributed by atoms with E-state index in [1.807, 2.05) is 13.0 Å². The van der Waals surface area contributed by atoms with Gasteiger partial charge >= 0.3 is 5.97 Å². The van der Waals surface area contributed by atoms with Gasteiger partial charge in [0.05, 0.1) is 28.4 Å². The van der Waals surface area contributed by atoms with Crippen molar-refractivity contribution in [2.24, 2.45) is 0 Å². The van der Waals surface area contributed by atoms with Crippen molar-refractivity contribution in [2.75, 3.05) is 0 Å². The van der Waals surface area contributed by atoms with Crippen LogP contribution >= 0.6 is 22.9 Å². The maximum atomic E-state index is 11.2. The highest BCUT2D eigenvalue weighted by Crippen LogP contribution is 2.05. The number of hydrogen-bond donors (Lipinski definition) is 1. The van der Waals surface area contributed by atoms with Crippen LogP contribution in [0.1, 0.15) is 20.3 Å². The molecular weight excluding hydrogens is 293 g/mol. The Morgan fingerprint density at radius 1 is 1.57 bits per heavy atom. The van der Waals surface area contributed by atoms with Crippen LogP contribution in [0.15, 0.2) is 36.0 Å². The van der Waals surface area contributed by atoms with Crippen LogP contribution in [-0.4, -0.2) is 5.97 Å². The average molecular weight is 307 g/mol. The topological polar surface area (TPSA) is 38.3 Å². The molecule has 0 aromatic heterocycles. The molecule has 78 valence electrons. The molecule has 0 aromatic rings. The molecule has 14 heavy (non-hydrogen) atoms. The summed E-state index contributed by atoms with van der Waals surface area (Å²) in [4.78, 5) is 15.8. The normalized spacial score (nSPS) is 11.8. The molecule has 0 saturated carbocycles. The quantitative estimate of drug-likeness (QED) is 0.279. The summed E-state index contributed by atoms with van der Waals surface area (Å²) in [6.45, 7) is 7.59. The zero-order chi connectivity index (χ0) is 11.0. The molecular formula is C10H14INO2. The van der Waals surface area contributed by atoms with Crippen LogP contribution in [0.4, 0.5) is 0 Å². The SMILES string of the molecule is C=C(/C=C\C(=C/C)C(=O)ONI)CC. The highest BCUT2D eigenvalue weighted by molar-refractivity contribution is 14.1. The van der Waals surface area contributed by atoms with E-state index in [1.54, 1.807) is 41.9 Å². The van der Waals surface area contributed by atoms with Crippen molar-refractivity contribution in [3.8, 4) is 0 Å². The fraction of sp³-hybridized carbons (Fsp3) is 0.300. The average Bonchev–Trinajstić information content (AvgIpc) is 2.18. The lowest BCUT2D eigenvalue weighted by Crippen LogP contribution is -2.11. The maximum absolute atomic E-state index is 11.2. The minimum atomic E-state index is -0.401. The lowest BCUT2D eigenvalue weighted by Gasteiger charge is -2.00. The summed E-state index contributed by atoms with van der Waals surface area (Å²) in [6.07, 6.45) is 6.06. The third-order valence-electron chi connectivity index (χ3n) is 1.63. The molecule has 0 radical (unpaired) electrons. The summed E-state index contributed by atoms with van der Waals surface area (Å²) >= 11 is 1.74. The van der Waals surface area contributed by atoms with Gasteiger partial charge in [0.25, 0.3) is 0 Å². The Kier molecular flexibility index (Phi) is 7.41. The molecule has 0 rings (SSSR count). The molecule has 0 heterocycles. The first-order chi connectivity index (χ1) is 6.65. The second-order valence-electron chi connectivity index (χ2n) is 2.56. The van der Waals surface area contributed by atoms with Crippen LogP contribution < -0.4 is 3.69 Å². The second kappa shape index (κ2) is 7.75. The standard InChI is InChI=1S/C10H14INO2/c1-4-8(3)6-7-9(5-2)10(13)14-12-11/h5-7,12H,3-4H2,1-2H3/b7-6-,9-5+. The van der Waals surface area contributed by atoms with Crippen molar-refractivity contribution >= 4 is 28.8 Å². The molecule has 4 heteroatoms. The van der Waals surface area contributed by atoms with Crippen LogP contribution in [0.3, 0.4) is 0 Å². The van der Waals surface area contributed by atoms with Gasteiger partial charge in [0, 0.05) is 0 Å². The summed E-state index contributed by atoms with van der Waals surface area (Å²) in [7, 11) is 0. The Hall–Kier alpha value is -0.620. The second-order valence-corrected chi connectivity index (χ2v) is 3.00. The largest absolute Gasteiger partial charge is 0.357 e. The number of hydrogen-bond acceptors (Lipinski definition) is 3. The molecule has 1 N–H and O–H groups in total. The highest BCUT2D eigenvalue weighted by atomic mass is 127. The number of rotatable bonds is 5. The first-order valence-electron chi connectivity index (χ1n) is 4.24. The smallest absolute Gasteiger partial charge is 0.357 e. The van der Waals surface area contributed by atoms with E-state index in [2.05, 4.69) is 15.1 Å². The summed E-state index contributed by atoms with van der Waals surface area (Å²) in [5.41, 5.74) is 1.48. The van der Waals surface area contributed by atoms with E-state index >= 15 is 0 Å². The Bertz CT molecular complexity index is 269. The van der Waals surface area contributed by atoms with E-state index in [0.29, 0.717) is 5.57 Å². The van der Waals surface area contributed by atoms with E-state index in [-0.39, 0.29) is 0 Å². The number of allylic oxidation sites excluding steroid dienone is 3. The molecule has 0 saturated heterocycles. The van der Waals surface area contributed by atoms with Gasteiger partial charge < -0.3 is 4.84 Å². The zero-order valence-electron chi connectivity index (χ0n) is 8.34. The fourth-order valence-electron chi connectivity index (χ4n) is 0.702. The predicted octanol–water partition coefficient (Wildman–Crippen LogP) is 2.85. The fourth-order valence-corrected chi connectivity index (χ4v) is 0.902. The molecule has 0 bridgehead atoms. The van der Waals surface area contributed by atoms with Crippen molar-refractivity contribution in [2.45, 2.75) is 20.3 Å². The summed E-state index contributed by atoms with van der Waals surface area (Å²) in [5.74, 6) is -0.401. The van der Waals surface area contributed by atoms with Gasteiger partial charge in [0.2, 0.25) is 0 Å². The Balaban J connectivity index is 4.38. The van der Waals surface area contributed by atoms with Crippen molar-refractivity contribution < 1.29 is 9.63 Å². The van der Waals surface area contributed by atoms with Crippen LogP contribution in [0.5, 0.6) is 0 Å². The first kappa shape index (κ1) is 13.4. The van der Waals surface area contributed by atoms with Crippen LogP contribution in [0, 0.1) is 0 Å². The maximum Gasteiger partial charge on any atom is 0.357 e. The third-order valence-corrected chi connectivity index (χ3v) is 1.85. The Labute approximate surface area is 98.4 Å². The van der Waals surface area contributed by atoms with E-state index in [0.717, 1.165) is 12.0 Å². The van der Waals surface area contributed by atoms with Crippen molar-refractivity contribution in [1.82, 2.24) is 3.69 Å². The van der Waals surface area contributed by atoms with Crippen molar-refractivity contribution in [1.29, 1.82) is 0 Å². The molecule has 0 aromatic carbocycles. The van der Waals surface area contributed by atoms with E-state index in [1.165, 1.54) is 0 Å². The molecule has 0 amide bonds. The molecule has 0 aliphatic carbocycles. The van der Waals surface area contributed by atoms with Crippen molar-refractivity contribution in [3.05, 3.63) is 36.0 Å². The van der Waals surface area contributed by atoms with Crippen molar-refractivity contribution in [3.63, 3.8) is 0 Å². The summed E-state index contributed by atoms with van der Waals surface area (Å²) < 4.78 is 2.31. The molecule has 0 aliphatic rings.